The van der Waals surface area contributed by atoms with Gasteiger partial charge in [0.25, 0.3) is 0 Å². The molecule has 0 atom stereocenters. The Balaban J connectivity index is 3.39. The first kappa shape index (κ1) is 8.63. The lowest BCUT2D eigenvalue weighted by molar-refractivity contribution is 0.564. The van der Waals surface area contributed by atoms with Gasteiger partial charge in [0.05, 0.1) is 0 Å². The van der Waals surface area contributed by atoms with Crippen LogP contribution in [0, 0.1) is 0 Å². The van der Waals surface area contributed by atoms with E-state index in [1.165, 1.54) is 0 Å². The smallest absolute Gasteiger partial charge is 0.183 e. The van der Waals surface area contributed by atoms with Crippen molar-refractivity contribution in [2.45, 2.75) is 26.2 Å². The molecule has 1 N–H and O–H groups in total. The van der Waals surface area contributed by atoms with Crippen LogP contribution in [0.25, 0.3) is 0 Å². The standard InChI is InChI=1S/C7H12OS/c1-3-4-5-6(2)7(8)9/h2-5H2,1H3,(H,8,9). The number of thiocarbonyl (C=S) groups is 1. The summed E-state index contributed by atoms with van der Waals surface area (Å²) >= 11 is 4.49. The van der Waals surface area contributed by atoms with Crippen molar-refractivity contribution >= 4 is 17.3 Å². The molecule has 0 amide bonds. The normalized spacial score (nSPS) is 9.00. The Bertz CT molecular complexity index is 118. The van der Waals surface area contributed by atoms with Crippen LogP contribution >= 0.6 is 12.2 Å². The lowest BCUT2D eigenvalue weighted by Crippen LogP contribution is -1.94. The van der Waals surface area contributed by atoms with Crippen LogP contribution in [0.5, 0.6) is 0 Å². The number of aliphatic hydroxyl groups excluding tert-OH is 1. The first-order valence-corrected chi connectivity index (χ1v) is 3.50. The summed E-state index contributed by atoms with van der Waals surface area (Å²) in [7, 11) is 0. The molecule has 0 aliphatic carbocycles. The highest BCUT2D eigenvalue weighted by Crippen LogP contribution is 2.04. The molecule has 0 unspecified atom stereocenters. The molecule has 52 valence electrons. The van der Waals surface area contributed by atoms with Crippen LogP contribution in [0.15, 0.2) is 12.2 Å². The molecule has 0 spiro atoms. The van der Waals surface area contributed by atoms with Crippen molar-refractivity contribution in [2.75, 3.05) is 0 Å². The van der Waals surface area contributed by atoms with E-state index >= 15 is 0 Å². The average Bonchev–Trinajstić information content (AvgIpc) is 1.82. The van der Waals surface area contributed by atoms with Gasteiger partial charge in [-0.1, -0.05) is 19.9 Å². The molecule has 0 rings (SSSR count). The Kier molecular flexibility index (Phi) is 4.32. The summed E-state index contributed by atoms with van der Waals surface area (Å²) in [5, 5.41) is 8.64. The Hall–Kier alpha value is -0.370. The fourth-order valence-corrected chi connectivity index (χ4v) is 0.599. The summed E-state index contributed by atoms with van der Waals surface area (Å²) in [6, 6.07) is 0. The van der Waals surface area contributed by atoms with Gasteiger partial charge in [-0.05, 0) is 30.6 Å². The molecule has 0 aromatic heterocycles. The summed E-state index contributed by atoms with van der Waals surface area (Å²) in [6.07, 6.45) is 2.99. The van der Waals surface area contributed by atoms with Crippen molar-refractivity contribution in [3.63, 3.8) is 0 Å². The molecule has 0 saturated heterocycles. The average molecular weight is 144 g/mol. The van der Waals surface area contributed by atoms with Gasteiger partial charge in [0.1, 0.15) is 0 Å². The van der Waals surface area contributed by atoms with Crippen molar-refractivity contribution in [2.24, 2.45) is 0 Å². The monoisotopic (exact) mass is 144 g/mol. The minimum atomic E-state index is -0.0385. The van der Waals surface area contributed by atoms with E-state index in [0.717, 1.165) is 19.3 Å². The molecule has 0 aliphatic rings. The molecule has 0 heterocycles. The Morgan fingerprint density at radius 1 is 1.67 bits per heavy atom. The fraction of sp³-hybridized carbons (Fsp3) is 0.571. The first-order valence-electron chi connectivity index (χ1n) is 3.09. The minimum absolute atomic E-state index is 0.0385. The van der Waals surface area contributed by atoms with Gasteiger partial charge in [-0.3, -0.25) is 0 Å². The highest BCUT2D eigenvalue weighted by Gasteiger charge is 1.96. The van der Waals surface area contributed by atoms with Crippen molar-refractivity contribution in [1.29, 1.82) is 0 Å². The van der Waals surface area contributed by atoms with Gasteiger partial charge in [0, 0.05) is 0 Å². The van der Waals surface area contributed by atoms with Gasteiger partial charge >= 0.3 is 0 Å². The van der Waals surface area contributed by atoms with Crippen molar-refractivity contribution < 1.29 is 5.11 Å². The molecule has 0 bridgehead atoms. The van der Waals surface area contributed by atoms with Crippen molar-refractivity contribution in [1.82, 2.24) is 0 Å². The zero-order valence-corrected chi connectivity index (χ0v) is 6.50. The molecule has 0 aliphatic heterocycles. The number of rotatable bonds is 4. The summed E-state index contributed by atoms with van der Waals surface area (Å²) < 4.78 is 0. The maximum atomic E-state index is 8.68. The number of aliphatic hydroxyl groups is 1. The van der Waals surface area contributed by atoms with Crippen molar-refractivity contribution in [3.8, 4) is 0 Å². The van der Waals surface area contributed by atoms with E-state index < -0.39 is 0 Å². The van der Waals surface area contributed by atoms with E-state index in [1.807, 2.05) is 0 Å². The van der Waals surface area contributed by atoms with Gasteiger partial charge in [-0.15, -0.1) is 0 Å². The van der Waals surface area contributed by atoms with Crippen LogP contribution in [-0.4, -0.2) is 10.2 Å². The molecule has 9 heavy (non-hydrogen) atoms. The predicted octanol–water partition coefficient (Wildman–Crippen LogP) is 2.62. The van der Waals surface area contributed by atoms with Crippen LogP contribution in [0.4, 0.5) is 0 Å². The van der Waals surface area contributed by atoms with Gasteiger partial charge < -0.3 is 5.11 Å². The third-order valence-corrected chi connectivity index (χ3v) is 1.42. The van der Waals surface area contributed by atoms with E-state index in [0.29, 0.717) is 5.57 Å². The van der Waals surface area contributed by atoms with Crippen LogP contribution in [0.2, 0.25) is 0 Å². The predicted molar refractivity (Wildman–Crippen MR) is 43.9 cm³/mol. The van der Waals surface area contributed by atoms with E-state index in [9.17, 15) is 0 Å². The van der Waals surface area contributed by atoms with E-state index in [-0.39, 0.29) is 5.05 Å². The molecule has 0 radical (unpaired) electrons. The highest BCUT2D eigenvalue weighted by molar-refractivity contribution is 7.80. The summed E-state index contributed by atoms with van der Waals surface area (Å²) in [5.74, 6) is 0. The van der Waals surface area contributed by atoms with Gasteiger partial charge in [0.15, 0.2) is 5.05 Å². The zero-order chi connectivity index (χ0) is 7.28. The highest BCUT2D eigenvalue weighted by atomic mass is 32.1. The largest absolute Gasteiger partial charge is 0.499 e. The summed E-state index contributed by atoms with van der Waals surface area (Å²) in [4.78, 5) is 0. The maximum absolute atomic E-state index is 8.68. The molecule has 2 heteroatoms. The Morgan fingerprint density at radius 2 is 2.22 bits per heavy atom. The third-order valence-electron chi connectivity index (χ3n) is 1.13. The van der Waals surface area contributed by atoms with Crippen LogP contribution < -0.4 is 0 Å². The van der Waals surface area contributed by atoms with Crippen LogP contribution in [0.3, 0.4) is 0 Å². The second-order valence-corrected chi connectivity index (χ2v) is 2.40. The Labute approximate surface area is 61.4 Å². The first-order chi connectivity index (χ1) is 4.18. The van der Waals surface area contributed by atoms with E-state index in [1.54, 1.807) is 0 Å². The van der Waals surface area contributed by atoms with Gasteiger partial charge in [0.2, 0.25) is 0 Å². The van der Waals surface area contributed by atoms with Gasteiger partial charge in [-0.2, -0.15) is 0 Å². The number of hydrogen-bond acceptors (Lipinski definition) is 1. The summed E-state index contributed by atoms with van der Waals surface area (Å²) in [5.41, 5.74) is 0.687. The van der Waals surface area contributed by atoms with Crippen LogP contribution in [-0.2, 0) is 0 Å². The lowest BCUT2D eigenvalue weighted by Gasteiger charge is -1.97. The molecule has 0 saturated carbocycles. The Morgan fingerprint density at radius 3 is 2.56 bits per heavy atom. The van der Waals surface area contributed by atoms with Gasteiger partial charge in [-0.25, -0.2) is 0 Å². The quantitative estimate of drug-likeness (QED) is 0.483. The van der Waals surface area contributed by atoms with E-state index in [4.69, 9.17) is 5.11 Å². The summed E-state index contributed by atoms with van der Waals surface area (Å²) in [6.45, 7) is 5.69. The second kappa shape index (κ2) is 4.50. The van der Waals surface area contributed by atoms with E-state index in [2.05, 4.69) is 25.7 Å². The minimum Gasteiger partial charge on any atom is -0.499 e. The topological polar surface area (TPSA) is 20.2 Å². The molecule has 1 nitrogen and oxygen atoms in total. The van der Waals surface area contributed by atoms with Crippen LogP contribution in [0.1, 0.15) is 26.2 Å². The number of hydrogen-bond donors (Lipinski definition) is 1. The zero-order valence-electron chi connectivity index (χ0n) is 5.68. The molecule has 0 aromatic carbocycles. The fourth-order valence-electron chi connectivity index (χ4n) is 0.497. The maximum Gasteiger partial charge on any atom is 0.183 e. The number of unbranched alkanes of at least 4 members (excludes halogenated alkanes) is 1. The molecular weight excluding hydrogens is 132 g/mol. The second-order valence-electron chi connectivity index (χ2n) is 2.01. The molecule has 0 fully saturated rings. The van der Waals surface area contributed by atoms with Crippen molar-refractivity contribution in [3.05, 3.63) is 12.2 Å². The lowest BCUT2D eigenvalue weighted by atomic mass is 10.1. The SMILES string of the molecule is C=C(CCCC)C(O)=S. The molecule has 0 aromatic rings. The third kappa shape index (κ3) is 4.15. The molecular formula is C7H12OS.